The van der Waals surface area contributed by atoms with Crippen LogP contribution in [0.15, 0.2) is 24.3 Å². The van der Waals surface area contributed by atoms with Crippen molar-refractivity contribution >= 4 is 0 Å². The van der Waals surface area contributed by atoms with Gasteiger partial charge in [0.15, 0.2) is 0 Å². The van der Waals surface area contributed by atoms with Gasteiger partial charge >= 0.3 is 6.36 Å². The lowest BCUT2D eigenvalue weighted by molar-refractivity contribution is -0.274. The second-order valence-corrected chi connectivity index (χ2v) is 6.07. The molecule has 0 unspecified atom stereocenters. The zero-order chi connectivity index (χ0) is 15.3. The summed E-state index contributed by atoms with van der Waals surface area (Å²) < 4.78 is 40.2. The molecule has 1 nitrogen and oxygen atoms in total. The van der Waals surface area contributed by atoms with Gasteiger partial charge in [-0.2, -0.15) is 0 Å². The Bertz CT molecular complexity index is 417. The summed E-state index contributed by atoms with van der Waals surface area (Å²) in [6.07, 6.45) is 4.02. The Labute approximate surface area is 124 Å². The van der Waals surface area contributed by atoms with E-state index in [-0.39, 0.29) is 5.75 Å². The topological polar surface area (TPSA) is 9.23 Å². The molecule has 0 atom stereocenters. The third-order valence-electron chi connectivity index (χ3n) is 4.34. The maximum Gasteiger partial charge on any atom is 0.573 e. The largest absolute Gasteiger partial charge is 0.573 e. The Hall–Kier alpha value is -1.19. The highest BCUT2D eigenvalue weighted by Crippen LogP contribution is 2.33. The van der Waals surface area contributed by atoms with E-state index in [1.165, 1.54) is 50.7 Å². The monoisotopic (exact) mass is 300 g/mol. The zero-order valence-corrected chi connectivity index (χ0v) is 12.5. The lowest BCUT2D eigenvalue weighted by Gasteiger charge is -2.28. The SMILES string of the molecule is CCCC1CCC(Cc2ccc(OC(F)(F)F)cc2)CC1. The van der Waals surface area contributed by atoms with E-state index in [1.54, 1.807) is 12.1 Å². The molecule has 1 saturated carbocycles. The fourth-order valence-corrected chi connectivity index (χ4v) is 3.29. The van der Waals surface area contributed by atoms with Crippen LogP contribution in [0.2, 0.25) is 0 Å². The molecule has 118 valence electrons. The van der Waals surface area contributed by atoms with Crippen LogP contribution in [0.3, 0.4) is 0 Å². The summed E-state index contributed by atoms with van der Waals surface area (Å²) in [5.41, 5.74) is 1.10. The summed E-state index contributed by atoms with van der Waals surface area (Å²) in [5, 5.41) is 0. The molecular weight excluding hydrogens is 277 g/mol. The quantitative estimate of drug-likeness (QED) is 0.674. The number of ether oxygens (including phenoxy) is 1. The first-order chi connectivity index (χ1) is 9.96. The van der Waals surface area contributed by atoms with E-state index in [0.717, 1.165) is 17.9 Å². The van der Waals surface area contributed by atoms with Gasteiger partial charge in [0.05, 0.1) is 0 Å². The summed E-state index contributed by atoms with van der Waals surface area (Å²) in [7, 11) is 0. The van der Waals surface area contributed by atoms with Gasteiger partial charge in [0.1, 0.15) is 5.75 Å². The van der Waals surface area contributed by atoms with Crippen LogP contribution in [-0.4, -0.2) is 6.36 Å². The summed E-state index contributed by atoms with van der Waals surface area (Å²) in [5.74, 6) is 1.42. The van der Waals surface area contributed by atoms with Gasteiger partial charge in [-0.25, -0.2) is 0 Å². The predicted molar refractivity (Wildman–Crippen MR) is 77.2 cm³/mol. The van der Waals surface area contributed by atoms with E-state index >= 15 is 0 Å². The number of rotatable bonds is 5. The van der Waals surface area contributed by atoms with Crippen LogP contribution in [0.1, 0.15) is 51.0 Å². The molecule has 0 aromatic heterocycles. The minimum atomic E-state index is -4.61. The normalized spacial score (nSPS) is 23.0. The fourth-order valence-electron chi connectivity index (χ4n) is 3.29. The fraction of sp³-hybridized carbons (Fsp3) is 0.647. The molecule has 0 aliphatic heterocycles. The maximum absolute atomic E-state index is 12.1. The molecule has 1 aliphatic carbocycles. The van der Waals surface area contributed by atoms with Gasteiger partial charge in [0, 0.05) is 0 Å². The lowest BCUT2D eigenvalue weighted by atomic mass is 9.78. The molecule has 0 heterocycles. The predicted octanol–water partition coefficient (Wildman–Crippen LogP) is 5.73. The summed E-state index contributed by atoms with van der Waals surface area (Å²) in [4.78, 5) is 0. The van der Waals surface area contributed by atoms with Crippen molar-refractivity contribution in [1.82, 2.24) is 0 Å². The second-order valence-electron chi connectivity index (χ2n) is 6.07. The first-order valence-corrected chi connectivity index (χ1v) is 7.81. The van der Waals surface area contributed by atoms with Crippen molar-refractivity contribution in [2.75, 3.05) is 0 Å². The molecule has 1 aliphatic rings. The Morgan fingerprint density at radius 3 is 2.10 bits per heavy atom. The van der Waals surface area contributed by atoms with E-state index in [0.29, 0.717) is 5.92 Å². The van der Waals surface area contributed by atoms with Gasteiger partial charge in [-0.1, -0.05) is 44.7 Å². The molecule has 1 fully saturated rings. The first kappa shape index (κ1) is 16.2. The minimum absolute atomic E-state index is 0.141. The second kappa shape index (κ2) is 7.19. The highest BCUT2D eigenvalue weighted by molar-refractivity contribution is 5.27. The Morgan fingerprint density at radius 2 is 1.57 bits per heavy atom. The van der Waals surface area contributed by atoms with Gasteiger partial charge in [-0.3, -0.25) is 0 Å². The van der Waals surface area contributed by atoms with E-state index in [2.05, 4.69) is 11.7 Å². The highest BCUT2D eigenvalue weighted by Gasteiger charge is 2.31. The molecule has 0 saturated heterocycles. The lowest BCUT2D eigenvalue weighted by Crippen LogP contribution is -2.17. The zero-order valence-electron chi connectivity index (χ0n) is 12.5. The number of hydrogen-bond acceptors (Lipinski definition) is 1. The smallest absolute Gasteiger partial charge is 0.406 e. The van der Waals surface area contributed by atoms with E-state index in [1.807, 2.05) is 0 Å². The standard InChI is InChI=1S/C17H23F3O/c1-2-3-13-4-6-14(7-5-13)12-15-8-10-16(11-9-15)21-17(18,19)20/h8-11,13-14H,2-7,12H2,1H3. The van der Waals surface area contributed by atoms with Crippen molar-refractivity contribution in [2.24, 2.45) is 11.8 Å². The van der Waals surface area contributed by atoms with Crippen LogP contribution in [-0.2, 0) is 6.42 Å². The Morgan fingerprint density at radius 1 is 1.00 bits per heavy atom. The van der Waals surface area contributed by atoms with Crippen LogP contribution in [0.4, 0.5) is 13.2 Å². The van der Waals surface area contributed by atoms with Gasteiger partial charge in [0.2, 0.25) is 0 Å². The third kappa shape index (κ3) is 5.60. The third-order valence-corrected chi connectivity index (χ3v) is 4.34. The molecule has 0 spiro atoms. The molecule has 2 rings (SSSR count). The highest BCUT2D eigenvalue weighted by atomic mass is 19.4. The van der Waals surface area contributed by atoms with Crippen molar-refractivity contribution in [2.45, 2.75) is 58.2 Å². The number of alkyl halides is 3. The van der Waals surface area contributed by atoms with Crippen LogP contribution in [0, 0.1) is 11.8 Å². The van der Waals surface area contributed by atoms with E-state index in [4.69, 9.17) is 0 Å². The van der Waals surface area contributed by atoms with Crippen molar-refractivity contribution in [3.8, 4) is 5.75 Å². The minimum Gasteiger partial charge on any atom is -0.406 e. The average molecular weight is 300 g/mol. The number of hydrogen-bond donors (Lipinski definition) is 0. The van der Waals surface area contributed by atoms with Crippen molar-refractivity contribution < 1.29 is 17.9 Å². The summed E-state index contributed by atoms with van der Waals surface area (Å²) in [6, 6.07) is 6.31. The van der Waals surface area contributed by atoms with E-state index < -0.39 is 6.36 Å². The van der Waals surface area contributed by atoms with Crippen molar-refractivity contribution in [3.63, 3.8) is 0 Å². The molecular formula is C17H23F3O. The first-order valence-electron chi connectivity index (χ1n) is 7.81. The van der Waals surface area contributed by atoms with Crippen LogP contribution in [0.5, 0.6) is 5.75 Å². The number of benzene rings is 1. The van der Waals surface area contributed by atoms with Crippen LogP contribution in [0.25, 0.3) is 0 Å². The summed E-state index contributed by atoms with van der Waals surface area (Å²) in [6.45, 7) is 2.23. The molecule has 0 N–H and O–H groups in total. The van der Waals surface area contributed by atoms with Gasteiger partial charge < -0.3 is 4.74 Å². The van der Waals surface area contributed by atoms with Crippen LogP contribution >= 0.6 is 0 Å². The van der Waals surface area contributed by atoms with Crippen molar-refractivity contribution in [3.05, 3.63) is 29.8 Å². The Kier molecular flexibility index (Phi) is 5.54. The average Bonchev–Trinajstić information content (AvgIpc) is 2.42. The molecule has 0 bridgehead atoms. The molecule has 0 radical (unpaired) electrons. The van der Waals surface area contributed by atoms with Crippen LogP contribution < -0.4 is 4.74 Å². The molecule has 1 aromatic rings. The van der Waals surface area contributed by atoms with E-state index in [9.17, 15) is 13.2 Å². The maximum atomic E-state index is 12.1. The van der Waals surface area contributed by atoms with Gasteiger partial charge in [-0.15, -0.1) is 13.2 Å². The molecule has 1 aromatic carbocycles. The molecule has 0 amide bonds. The molecule has 4 heteroatoms. The Balaban J connectivity index is 1.81. The van der Waals surface area contributed by atoms with Gasteiger partial charge in [0.25, 0.3) is 0 Å². The van der Waals surface area contributed by atoms with Gasteiger partial charge in [-0.05, 0) is 48.8 Å². The molecule has 21 heavy (non-hydrogen) atoms. The summed E-state index contributed by atoms with van der Waals surface area (Å²) >= 11 is 0. The number of halogens is 3. The van der Waals surface area contributed by atoms with Crippen molar-refractivity contribution in [1.29, 1.82) is 0 Å².